The Bertz CT molecular complexity index is 464. The van der Waals surface area contributed by atoms with E-state index in [4.69, 9.17) is 4.74 Å². The van der Waals surface area contributed by atoms with Crippen LogP contribution >= 0.6 is 15.9 Å². The maximum atomic E-state index is 5.75. The summed E-state index contributed by atoms with van der Waals surface area (Å²) >= 11 is 3.50. The molecule has 2 aromatic carbocycles. The SMILES string of the molecule is CC(CBr)c1ccc(OCc2ccccc2)cc1. The summed E-state index contributed by atoms with van der Waals surface area (Å²) in [7, 11) is 0. The molecule has 0 aliphatic rings. The predicted octanol–water partition coefficient (Wildman–Crippen LogP) is 4.76. The Kier molecular flexibility index (Phi) is 4.82. The van der Waals surface area contributed by atoms with Gasteiger partial charge in [0.15, 0.2) is 0 Å². The fourth-order valence-corrected chi connectivity index (χ4v) is 2.10. The van der Waals surface area contributed by atoms with Crippen LogP contribution in [-0.4, -0.2) is 5.33 Å². The van der Waals surface area contributed by atoms with E-state index in [0.29, 0.717) is 12.5 Å². The molecule has 0 saturated heterocycles. The van der Waals surface area contributed by atoms with E-state index in [9.17, 15) is 0 Å². The lowest BCUT2D eigenvalue weighted by atomic mass is 10.0. The van der Waals surface area contributed by atoms with Gasteiger partial charge < -0.3 is 4.74 Å². The Hall–Kier alpha value is -1.28. The molecular weight excluding hydrogens is 288 g/mol. The molecule has 0 radical (unpaired) electrons. The summed E-state index contributed by atoms with van der Waals surface area (Å²) in [6, 6.07) is 18.6. The van der Waals surface area contributed by atoms with Gasteiger partial charge in [0.2, 0.25) is 0 Å². The molecule has 0 spiro atoms. The summed E-state index contributed by atoms with van der Waals surface area (Å²) in [5.41, 5.74) is 2.52. The van der Waals surface area contributed by atoms with E-state index in [1.54, 1.807) is 0 Å². The van der Waals surface area contributed by atoms with Crippen molar-refractivity contribution in [3.05, 3.63) is 65.7 Å². The molecule has 0 saturated carbocycles. The fraction of sp³-hybridized carbons (Fsp3) is 0.250. The van der Waals surface area contributed by atoms with Crippen molar-refractivity contribution in [1.82, 2.24) is 0 Å². The molecular formula is C16H17BrO. The molecule has 0 aliphatic carbocycles. The highest BCUT2D eigenvalue weighted by atomic mass is 79.9. The molecule has 1 atom stereocenters. The molecule has 2 heteroatoms. The van der Waals surface area contributed by atoms with Gasteiger partial charge in [-0.3, -0.25) is 0 Å². The first-order valence-corrected chi connectivity index (χ1v) is 7.24. The van der Waals surface area contributed by atoms with E-state index < -0.39 is 0 Å². The summed E-state index contributed by atoms with van der Waals surface area (Å²) in [6.07, 6.45) is 0. The Morgan fingerprint density at radius 1 is 1.00 bits per heavy atom. The number of rotatable bonds is 5. The molecule has 1 nitrogen and oxygen atoms in total. The lowest BCUT2D eigenvalue weighted by Crippen LogP contribution is -1.97. The predicted molar refractivity (Wildman–Crippen MR) is 79.4 cm³/mol. The molecule has 0 N–H and O–H groups in total. The van der Waals surface area contributed by atoms with E-state index in [-0.39, 0.29) is 0 Å². The van der Waals surface area contributed by atoms with Crippen molar-refractivity contribution >= 4 is 15.9 Å². The third-order valence-electron chi connectivity index (χ3n) is 2.93. The highest BCUT2D eigenvalue weighted by Crippen LogP contribution is 2.21. The van der Waals surface area contributed by atoms with Crippen molar-refractivity contribution in [3.8, 4) is 5.75 Å². The van der Waals surface area contributed by atoms with E-state index in [1.165, 1.54) is 11.1 Å². The van der Waals surface area contributed by atoms with Crippen LogP contribution in [0.1, 0.15) is 24.0 Å². The quantitative estimate of drug-likeness (QED) is 0.723. The van der Waals surface area contributed by atoms with Crippen LogP contribution in [0.25, 0.3) is 0 Å². The van der Waals surface area contributed by atoms with Crippen LogP contribution in [0.15, 0.2) is 54.6 Å². The zero-order valence-electron chi connectivity index (χ0n) is 10.5. The van der Waals surface area contributed by atoms with E-state index >= 15 is 0 Å². The molecule has 0 bridgehead atoms. The largest absolute Gasteiger partial charge is 0.489 e. The Labute approximate surface area is 117 Å². The zero-order valence-corrected chi connectivity index (χ0v) is 12.1. The van der Waals surface area contributed by atoms with E-state index in [1.807, 2.05) is 30.3 Å². The van der Waals surface area contributed by atoms with Gasteiger partial charge in [0.25, 0.3) is 0 Å². The normalized spacial score (nSPS) is 12.1. The van der Waals surface area contributed by atoms with Crippen molar-refractivity contribution in [3.63, 3.8) is 0 Å². The molecule has 0 fully saturated rings. The second-order valence-electron chi connectivity index (χ2n) is 4.40. The Balaban J connectivity index is 1.94. The van der Waals surface area contributed by atoms with Crippen LogP contribution in [0.4, 0.5) is 0 Å². The number of benzene rings is 2. The lowest BCUT2D eigenvalue weighted by Gasteiger charge is -2.10. The first kappa shape index (κ1) is 13.2. The first-order chi connectivity index (χ1) is 8.79. The van der Waals surface area contributed by atoms with Gasteiger partial charge in [-0.25, -0.2) is 0 Å². The minimum atomic E-state index is 0.535. The molecule has 2 aromatic rings. The van der Waals surface area contributed by atoms with Crippen molar-refractivity contribution in [2.45, 2.75) is 19.4 Å². The number of ether oxygens (including phenoxy) is 1. The molecule has 1 unspecified atom stereocenters. The summed E-state index contributed by atoms with van der Waals surface area (Å²) in [5.74, 6) is 1.46. The van der Waals surface area contributed by atoms with Gasteiger partial charge in [0.05, 0.1) is 0 Å². The minimum absolute atomic E-state index is 0.535. The van der Waals surface area contributed by atoms with Crippen molar-refractivity contribution < 1.29 is 4.74 Å². The van der Waals surface area contributed by atoms with Crippen molar-refractivity contribution in [2.75, 3.05) is 5.33 Å². The van der Waals surface area contributed by atoms with Crippen LogP contribution in [0.5, 0.6) is 5.75 Å². The van der Waals surface area contributed by atoms with Gasteiger partial charge in [0, 0.05) is 5.33 Å². The topological polar surface area (TPSA) is 9.23 Å². The smallest absolute Gasteiger partial charge is 0.119 e. The number of hydrogen-bond donors (Lipinski definition) is 0. The highest BCUT2D eigenvalue weighted by molar-refractivity contribution is 9.09. The minimum Gasteiger partial charge on any atom is -0.489 e. The van der Waals surface area contributed by atoms with Gasteiger partial charge in [-0.2, -0.15) is 0 Å². The van der Waals surface area contributed by atoms with Gasteiger partial charge in [-0.15, -0.1) is 0 Å². The summed E-state index contributed by atoms with van der Waals surface area (Å²) in [5, 5.41) is 0.983. The highest BCUT2D eigenvalue weighted by Gasteiger charge is 2.03. The third kappa shape index (κ3) is 3.61. The standard InChI is InChI=1S/C16H17BrO/c1-13(11-17)15-7-9-16(10-8-15)18-12-14-5-3-2-4-6-14/h2-10,13H,11-12H2,1H3. The molecule has 18 heavy (non-hydrogen) atoms. The monoisotopic (exact) mass is 304 g/mol. The zero-order chi connectivity index (χ0) is 12.8. The van der Waals surface area contributed by atoms with Gasteiger partial charge in [-0.1, -0.05) is 65.3 Å². The van der Waals surface area contributed by atoms with E-state index in [0.717, 1.165) is 11.1 Å². The first-order valence-electron chi connectivity index (χ1n) is 6.12. The number of hydrogen-bond acceptors (Lipinski definition) is 1. The van der Waals surface area contributed by atoms with Crippen LogP contribution in [0, 0.1) is 0 Å². The van der Waals surface area contributed by atoms with Crippen LogP contribution in [-0.2, 0) is 6.61 Å². The second-order valence-corrected chi connectivity index (χ2v) is 5.05. The Morgan fingerprint density at radius 3 is 2.28 bits per heavy atom. The average molecular weight is 305 g/mol. The average Bonchev–Trinajstić information content (AvgIpc) is 2.46. The fourth-order valence-electron chi connectivity index (χ4n) is 1.72. The van der Waals surface area contributed by atoms with E-state index in [2.05, 4.69) is 47.1 Å². The van der Waals surface area contributed by atoms with Gasteiger partial charge in [0.1, 0.15) is 12.4 Å². The Morgan fingerprint density at radius 2 is 1.67 bits per heavy atom. The number of halogens is 1. The van der Waals surface area contributed by atoms with Crippen LogP contribution in [0.3, 0.4) is 0 Å². The van der Waals surface area contributed by atoms with Gasteiger partial charge >= 0.3 is 0 Å². The molecule has 94 valence electrons. The van der Waals surface area contributed by atoms with Crippen molar-refractivity contribution in [2.24, 2.45) is 0 Å². The molecule has 0 aromatic heterocycles. The molecule has 2 rings (SSSR count). The van der Waals surface area contributed by atoms with Crippen LogP contribution < -0.4 is 4.74 Å². The second kappa shape index (κ2) is 6.60. The molecule has 0 heterocycles. The van der Waals surface area contributed by atoms with Crippen LogP contribution in [0.2, 0.25) is 0 Å². The maximum absolute atomic E-state index is 5.75. The van der Waals surface area contributed by atoms with Crippen molar-refractivity contribution in [1.29, 1.82) is 0 Å². The molecule has 0 amide bonds. The maximum Gasteiger partial charge on any atom is 0.119 e. The summed E-state index contributed by atoms with van der Waals surface area (Å²) in [6.45, 7) is 2.82. The summed E-state index contributed by atoms with van der Waals surface area (Å²) in [4.78, 5) is 0. The third-order valence-corrected chi connectivity index (χ3v) is 3.90. The molecule has 0 aliphatic heterocycles. The lowest BCUT2D eigenvalue weighted by molar-refractivity contribution is 0.306. The number of alkyl halides is 1. The van der Waals surface area contributed by atoms with Gasteiger partial charge in [-0.05, 0) is 29.2 Å². The summed E-state index contributed by atoms with van der Waals surface area (Å²) < 4.78 is 5.75.